The van der Waals surface area contributed by atoms with Crippen molar-refractivity contribution in [3.63, 3.8) is 0 Å². The van der Waals surface area contributed by atoms with Crippen LogP contribution in [-0.4, -0.2) is 22.2 Å². The molecule has 1 aliphatic heterocycles. The van der Waals surface area contributed by atoms with Crippen LogP contribution in [0.4, 0.5) is 0 Å². The number of aliphatic hydroxyl groups excluding tert-OH is 1. The molecule has 1 aromatic rings. The summed E-state index contributed by atoms with van der Waals surface area (Å²) in [6.45, 7) is 7.27. The maximum Gasteiger partial charge on any atom is 0.128 e. The largest absolute Gasteiger partial charge is 0.493 e. The molecule has 1 aromatic carbocycles. The second kappa shape index (κ2) is 5.54. The first-order valence-corrected chi connectivity index (χ1v) is 7.52. The Morgan fingerprint density at radius 3 is 2.89 bits per heavy atom. The summed E-state index contributed by atoms with van der Waals surface area (Å²) < 4.78 is 5.92. The minimum atomic E-state index is -0.442. The van der Waals surface area contributed by atoms with Crippen LogP contribution in [0.2, 0.25) is 0 Å². The number of rotatable bonds is 3. The fourth-order valence-corrected chi connectivity index (χ4v) is 2.93. The van der Waals surface area contributed by atoms with Crippen molar-refractivity contribution in [1.29, 1.82) is 0 Å². The Kier molecular flexibility index (Phi) is 4.23. The molecular weight excluding hydrogens is 244 g/mol. The lowest BCUT2D eigenvalue weighted by Crippen LogP contribution is -2.15. The highest BCUT2D eigenvalue weighted by molar-refractivity contribution is 8.00. The monoisotopic (exact) mass is 266 g/mol. The topological polar surface area (TPSA) is 29.5 Å². The minimum absolute atomic E-state index is 0.177. The maximum atomic E-state index is 10.3. The van der Waals surface area contributed by atoms with Crippen molar-refractivity contribution in [2.24, 2.45) is 0 Å². The third kappa shape index (κ3) is 3.42. The zero-order valence-corrected chi connectivity index (χ0v) is 12.2. The molecule has 0 saturated carbocycles. The minimum Gasteiger partial charge on any atom is -0.493 e. The standard InChI is InChI=1S/C15H22O2S/c1-15(2,3)18-10-13(16)12-8-4-6-11-7-5-9-17-14(11)12/h4,6,8,13,16H,5,7,9-10H2,1-3H3. The van der Waals surface area contributed by atoms with Crippen LogP contribution in [0.1, 0.15) is 44.4 Å². The van der Waals surface area contributed by atoms with E-state index in [2.05, 4.69) is 26.8 Å². The molecule has 3 heteroatoms. The molecule has 0 amide bonds. The van der Waals surface area contributed by atoms with E-state index in [0.717, 1.165) is 30.8 Å². The molecular formula is C15H22O2S. The van der Waals surface area contributed by atoms with Crippen LogP contribution in [0.25, 0.3) is 0 Å². The average molecular weight is 266 g/mol. The lowest BCUT2D eigenvalue weighted by Gasteiger charge is -2.24. The van der Waals surface area contributed by atoms with Gasteiger partial charge in [-0.05, 0) is 18.4 Å². The van der Waals surface area contributed by atoms with Crippen LogP contribution in [0.3, 0.4) is 0 Å². The van der Waals surface area contributed by atoms with E-state index in [4.69, 9.17) is 4.74 Å². The van der Waals surface area contributed by atoms with Crippen LogP contribution in [0.5, 0.6) is 5.75 Å². The summed E-state index contributed by atoms with van der Waals surface area (Å²) in [5.74, 6) is 1.63. The highest BCUT2D eigenvalue weighted by Gasteiger charge is 2.21. The number of fused-ring (bicyclic) bond motifs is 1. The van der Waals surface area contributed by atoms with Crippen molar-refractivity contribution in [3.8, 4) is 5.75 Å². The number of hydrogen-bond acceptors (Lipinski definition) is 3. The van der Waals surface area contributed by atoms with Crippen molar-refractivity contribution in [1.82, 2.24) is 0 Å². The van der Waals surface area contributed by atoms with Gasteiger partial charge in [0.2, 0.25) is 0 Å². The lowest BCUT2D eigenvalue weighted by atomic mass is 10.00. The van der Waals surface area contributed by atoms with Gasteiger partial charge in [0.15, 0.2) is 0 Å². The zero-order valence-electron chi connectivity index (χ0n) is 11.4. The van der Waals surface area contributed by atoms with E-state index < -0.39 is 6.10 Å². The van der Waals surface area contributed by atoms with Crippen molar-refractivity contribution in [2.45, 2.75) is 44.5 Å². The molecule has 0 fully saturated rings. The van der Waals surface area contributed by atoms with Crippen LogP contribution in [-0.2, 0) is 6.42 Å². The quantitative estimate of drug-likeness (QED) is 0.907. The van der Waals surface area contributed by atoms with Crippen LogP contribution in [0.15, 0.2) is 18.2 Å². The number of para-hydroxylation sites is 1. The molecule has 100 valence electrons. The van der Waals surface area contributed by atoms with Gasteiger partial charge in [-0.15, -0.1) is 0 Å². The summed E-state index contributed by atoms with van der Waals surface area (Å²) in [5.41, 5.74) is 2.18. The molecule has 1 atom stereocenters. The Morgan fingerprint density at radius 2 is 2.17 bits per heavy atom. The van der Waals surface area contributed by atoms with Crippen molar-refractivity contribution in [2.75, 3.05) is 12.4 Å². The van der Waals surface area contributed by atoms with Crippen LogP contribution < -0.4 is 4.74 Å². The van der Waals surface area contributed by atoms with E-state index >= 15 is 0 Å². The molecule has 18 heavy (non-hydrogen) atoms. The number of aliphatic hydroxyl groups is 1. The second-order valence-corrected chi connectivity index (χ2v) is 7.57. The first-order chi connectivity index (χ1) is 8.47. The van der Waals surface area contributed by atoms with E-state index in [1.807, 2.05) is 12.1 Å². The highest BCUT2D eigenvalue weighted by atomic mass is 32.2. The number of aryl methyl sites for hydroxylation is 1. The van der Waals surface area contributed by atoms with Gasteiger partial charge in [0.1, 0.15) is 5.75 Å². The van der Waals surface area contributed by atoms with Gasteiger partial charge in [0.05, 0.1) is 12.7 Å². The predicted molar refractivity (Wildman–Crippen MR) is 77.4 cm³/mol. The first kappa shape index (κ1) is 13.8. The molecule has 0 aromatic heterocycles. The van der Waals surface area contributed by atoms with Crippen LogP contribution in [0, 0.1) is 0 Å². The van der Waals surface area contributed by atoms with Gasteiger partial charge < -0.3 is 9.84 Å². The Hall–Kier alpha value is -0.670. The van der Waals surface area contributed by atoms with Gasteiger partial charge in [-0.3, -0.25) is 0 Å². The predicted octanol–water partition coefficient (Wildman–Crippen LogP) is 3.58. The molecule has 1 aliphatic rings. The van der Waals surface area contributed by atoms with E-state index in [0.29, 0.717) is 5.75 Å². The molecule has 2 rings (SSSR count). The number of ether oxygens (including phenoxy) is 1. The van der Waals surface area contributed by atoms with Gasteiger partial charge in [0, 0.05) is 16.1 Å². The molecule has 0 saturated heterocycles. The van der Waals surface area contributed by atoms with E-state index in [9.17, 15) is 5.11 Å². The zero-order chi connectivity index (χ0) is 13.2. The smallest absolute Gasteiger partial charge is 0.128 e. The summed E-state index contributed by atoms with van der Waals surface area (Å²) in [4.78, 5) is 0. The second-order valence-electron chi connectivity index (χ2n) is 5.73. The van der Waals surface area contributed by atoms with Crippen LogP contribution >= 0.6 is 11.8 Å². The Labute approximate surface area is 114 Å². The molecule has 0 aliphatic carbocycles. The Bertz CT molecular complexity index is 409. The average Bonchev–Trinajstić information content (AvgIpc) is 2.34. The van der Waals surface area contributed by atoms with E-state index in [-0.39, 0.29) is 4.75 Å². The summed E-state index contributed by atoms with van der Waals surface area (Å²) >= 11 is 1.78. The van der Waals surface area contributed by atoms with E-state index in [1.165, 1.54) is 5.56 Å². The molecule has 1 unspecified atom stereocenters. The van der Waals surface area contributed by atoms with Crippen molar-refractivity contribution >= 4 is 11.8 Å². The maximum absolute atomic E-state index is 10.3. The SMILES string of the molecule is CC(C)(C)SCC(O)c1cccc2c1OCCC2. The van der Waals surface area contributed by atoms with Crippen molar-refractivity contribution in [3.05, 3.63) is 29.3 Å². The van der Waals surface area contributed by atoms with Gasteiger partial charge >= 0.3 is 0 Å². The number of hydrogen-bond donors (Lipinski definition) is 1. The van der Waals surface area contributed by atoms with Crippen molar-refractivity contribution < 1.29 is 9.84 Å². The van der Waals surface area contributed by atoms with Gasteiger partial charge in [-0.1, -0.05) is 39.0 Å². The molecule has 0 spiro atoms. The third-order valence-electron chi connectivity index (χ3n) is 3.00. The molecule has 1 heterocycles. The molecule has 1 N–H and O–H groups in total. The Morgan fingerprint density at radius 1 is 1.39 bits per heavy atom. The number of benzene rings is 1. The number of thioether (sulfide) groups is 1. The fourth-order valence-electron chi connectivity index (χ4n) is 2.10. The summed E-state index contributed by atoms with van der Waals surface area (Å²) in [7, 11) is 0. The van der Waals surface area contributed by atoms with Gasteiger partial charge in [-0.2, -0.15) is 11.8 Å². The lowest BCUT2D eigenvalue weighted by molar-refractivity contribution is 0.192. The molecule has 2 nitrogen and oxygen atoms in total. The normalized spacial score (nSPS) is 16.9. The first-order valence-electron chi connectivity index (χ1n) is 6.54. The Balaban J connectivity index is 2.12. The highest BCUT2D eigenvalue weighted by Crippen LogP contribution is 2.36. The molecule has 0 bridgehead atoms. The fraction of sp³-hybridized carbons (Fsp3) is 0.600. The van der Waals surface area contributed by atoms with E-state index in [1.54, 1.807) is 11.8 Å². The molecule has 0 radical (unpaired) electrons. The van der Waals surface area contributed by atoms with Gasteiger partial charge in [0.25, 0.3) is 0 Å². The van der Waals surface area contributed by atoms with Gasteiger partial charge in [-0.25, -0.2) is 0 Å². The third-order valence-corrected chi connectivity index (χ3v) is 4.35. The summed E-state index contributed by atoms with van der Waals surface area (Å²) in [5, 5.41) is 10.3. The summed E-state index contributed by atoms with van der Waals surface area (Å²) in [6.07, 6.45) is 1.69. The summed E-state index contributed by atoms with van der Waals surface area (Å²) in [6, 6.07) is 6.10.